The van der Waals surface area contributed by atoms with Crippen molar-refractivity contribution in [3.05, 3.63) is 29.9 Å². The van der Waals surface area contributed by atoms with Gasteiger partial charge in [0, 0.05) is 24.4 Å². The smallest absolute Gasteiger partial charge is 0.228 e. The van der Waals surface area contributed by atoms with Crippen molar-refractivity contribution >= 4 is 0 Å². The first kappa shape index (κ1) is 12.2. The fourth-order valence-electron chi connectivity index (χ4n) is 1.68. The largest absolute Gasteiger partial charge is 0.339 e. The van der Waals surface area contributed by atoms with Crippen LogP contribution in [0.25, 0.3) is 11.4 Å². The topological polar surface area (TPSA) is 75.6 Å². The van der Waals surface area contributed by atoms with E-state index in [9.17, 15) is 0 Å². The zero-order valence-corrected chi connectivity index (χ0v) is 10.4. The fraction of sp³-hybridized carbons (Fsp3) is 0.385. The van der Waals surface area contributed by atoms with Gasteiger partial charge < -0.3 is 4.52 Å². The van der Waals surface area contributed by atoms with Gasteiger partial charge in [0.1, 0.15) is 0 Å². The molecule has 0 aromatic carbocycles. The van der Waals surface area contributed by atoms with Crippen LogP contribution in [0.4, 0.5) is 0 Å². The van der Waals surface area contributed by atoms with Crippen molar-refractivity contribution in [1.29, 1.82) is 5.26 Å². The summed E-state index contributed by atoms with van der Waals surface area (Å²) in [7, 11) is 0. The van der Waals surface area contributed by atoms with Crippen LogP contribution in [0.3, 0.4) is 0 Å². The Kier molecular flexibility index (Phi) is 3.68. The third-order valence-corrected chi connectivity index (χ3v) is 2.69. The normalized spacial score (nSPS) is 12.1. The Morgan fingerprint density at radius 3 is 3.06 bits per heavy atom. The molecule has 1 unspecified atom stereocenters. The van der Waals surface area contributed by atoms with Gasteiger partial charge in [-0.2, -0.15) is 10.2 Å². The zero-order valence-electron chi connectivity index (χ0n) is 10.4. The molecule has 2 aromatic rings. The van der Waals surface area contributed by atoms with Gasteiger partial charge in [-0.05, 0) is 25.0 Å². The first-order chi connectivity index (χ1) is 8.74. The second kappa shape index (κ2) is 5.41. The molecular formula is C13H14N4O. The maximum Gasteiger partial charge on any atom is 0.228 e. The van der Waals surface area contributed by atoms with Crippen LogP contribution in [-0.4, -0.2) is 15.1 Å². The van der Waals surface area contributed by atoms with E-state index in [1.807, 2.05) is 19.2 Å². The highest BCUT2D eigenvalue weighted by Crippen LogP contribution is 2.20. The molecule has 2 rings (SSSR count). The highest BCUT2D eigenvalue weighted by Gasteiger charge is 2.13. The predicted octanol–water partition coefficient (Wildman–Crippen LogP) is 2.40. The van der Waals surface area contributed by atoms with Crippen molar-refractivity contribution in [2.75, 3.05) is 0 Å². The van der Waals surface area contributed by atoms with E-state index >= 15 is 0 Å². The standard InChI is InChI=1S/C13H14N4O/c1-3-10-8-15-5-4-11(10)13-16-12(18-17-13)6-9(2)7-14/h4-5,8-9H,3,6H2,1-2H3. The molecule has 0 aliphatic rings. The summed E-state index contributed by atoms with van der Waals surface area (Å²) < 4.78 is 5.16. The van der Waals surface area contributed by atoms with E-state index in [0.29, 0.717) is 18.1 Å². The number of nitriles is 1. The monoisotopic (exact) mass is 242 g/mol. The van der Waals surface area contributed by atoms with Crippen molar-refractivity contribution in [2.24, 2.45) is 5.92 Å². The molecule has 92 valence electrons. The molecule has 5 heteroatoms. The molecule has 0 spiro atoms. The van der Waals surface area contributed by atoms with E-state index in [4.69, 9.17) is 9.78 Å². The first-order valence-electron chi connectivity index (χ1n) is 5.90. The number of aromatic nitrogens is 3. The highest BCUT2D eigenvalue weighted by molar-refractivity contribution is 5.58. The van der Waals surface area contributed by atoms with E-state index in [1.165, 1.54) is 0 Å². The van der Waals surface area contributed by atoms with Crippen LogP contribution < -0.4 is 0 Å². The van der Waals surface area contributed by atoms with Gasteiger partial charge in [0.2, 0.25) is 11.7 Å². The van der Waals surface area contributed by atoms with Crippen LogP contribution >= 0.6 is 0 Å². The van der Waals surface area contributed by atoms with Gasteiger partial charge in [-0.3, -0.25) is 4.98 Å². The fourth-order valence-corrected chi connectivity index (χ4v) is 1.68. The number of hydrogen-bond acceptors (Lipinski definition) is 5. The van der Waals surface area contributed by atoms with Crippen LogP contribution in [0, 0.1) is 17.2 Å². The minimum absolute atomic E-state index is 0.124. The maximum atomic E-state index is 8.75. The lowest BCUT2D eigenvalue weighted by Crippen LogP contribution is -1.96. The summed E-state index contributed by atoms with van der Waals surface area (Å²) >= 11 is 0. The lowest BCUT2D eigenvalue weighted by molar-refractivity contribution is 0.369. The summed E-state index contributed by atoms with van der Waals surface area (Å²) in [6.45, 7) is 3.88. The number of pyridine rings is 1. The summed E-state index contributed by atoms with van der Waals surface area (Å²) in [6, 6.07) is 4.02. The minimum atomic E-state index is -0.124. The average Bonchev–Trinajstić information content (AvgIpc) is 2.86. The van der Waals surface area contributed by atoms with E-state index < -0.39 is 0 Å². The molecule has 0 radical (unpaired) electrons. The highest BCUT2D eigenvalue weighted by atomic mass is 16.5. The van der Waals surface area contributed by atoms with E-state index in [1.54, 1.807) is 6.20 Å². The van der Waals surface area contributed by atoms with Crippen molar-refractivity contribution in [1.82, 2.24) is 15.1 Å². The Labute approximate surface area is 105 Å². The molecule has 18 heavy (non-hydrogen) atoms. The third-order valence-electron chi connectivity index (χ3n) is 2.69. The Balaban J connectivity index is 2.27. The number of nitrogens with zero attached hydrogens (tertiary/aromatic N) is 4. The molecule has 0 amide bonds. The molecule has 0 saturated carbocycles. The number of hydrogen-bond donors (Lipinski definition) is 0. The second-order valence-electron chi connectivity index (χ2n) is 4.13. The molecule has 0 saturated heterocycles. The van der Waals surface area contributed by atoms with Gasteiger partial charge in [0.25, 0.3) is 0 Å². The van der Waals surface area contributed by atoms with Crippen molar-refractivity contribution in [3.63, 3.8) is 0 Å². The lowest BCUT2D eigenvalue weighted by atomic mass is 10.1. The van der Waals surface area contributed by atoms with Gasteiger partial charge in [-0.25, -0.2) is 0 Å². The van der Waals surface area contributed by atoms with Crippen LogP contribution in [-0.2, 0) is 12.8 Å². The number of aryl methyl sites for hydroxylation is 1. The van der Waals surface area contributed by atoms with Crippen LogP contribution in [0.2, 0.25) is 0 Å². The first-order valence-corrected chi connectivity index (χ1v) is 5.90. The van der Waals surface area contributed by atoms with Crippen LogP contribution in [0.15, 0.2) is 23.0 Å². The van der Waals surface area contributed by atoms with Gasteiger partial charge in [-0.1, -0.05) is 12.1 Å². The average molecular weight is 242 g/mol. The van der Waals surface area contributed by atoms with Crippen molar-refractivity contribution < 1.29 is 4.52 Å². The quantitative estimate of drug-likeness (QED) is 0.822. The Morgan fingerprint density at radius 2 is 2.33 bits per heavy atom. The van der Waals surface area contributed by atoms with Gasteiger partial charge in [0.15, 0.2) is 0 Å². The molecule has 2 aromatic heterocycles. The molecule has 0 aliphatic heterocycles. The summed E-state index contributed by atoms with van der Waals surface area (Å²) in [5.41, 5.74) is 2.02. The Hall–Kier alpha value is -2.22. The molecule has 1 atom stereocenters. The third kappa shape index (κ3) is 2.54. The van der Waals surface area contributed by atoms with Gasteiger partial charge in [-0.15, -0.1) is 0 Å². The minimum Gasteiger partial charge on any atom is -0.339 e. The molecule has 2 heterocycles. The lowest BCUT2D eigenvalue weighted by Gasteiger charge is -2.00. The van der Waals surface area contributed by atoms with Crippen LogP contribution in [0.5, 0.6) is 0 Å². The Bertz CT molecular complexity index is 570. The molecule has 0 bridgehead atoms. The SMILES string of the molecule is CCc1cnccc1-c1noc(CC(C)C#N)n1. The van der Waals surface area contributed by atoms with Gasteiger partial charge >= 0.3 is 0 Å². The molecule has 0 N–H and O–H groups in total. The van der Waals surface area contributed by atoms with Gasteiger partial charge in [0.05, 0.1) is 12.0 Å². The number of rotatable bonds is 4. The van der Waals surface area contributed by atoms with Crippen LogP contribution in [0.1, 0.15) is 25.3 Å². The molecular weight excluding hydrogens is 228 g/mol. The molecule has 0 fully saturated rings. The van der Waals surface area contributed by atoms with E-state index in [0.717, 1.165) is 17.5 Å². The summed E-state index contributed by atoms with van der Waals surface area (Å²) in [5.74, 6) is 0.939. The predicted molar refractivity (Wildman–Crippen MR) is 65.4 cm³/mol. The zero-order chi connectivity index (χ0) is 13.0. The molecule has 5 nitrogen and oxygen atoms in total. The van der Waals surface area contributed by atoms with E-state index in [-0.39, 0.29) is 5.92 Å². The summed E-state index contributed by atoms with van der Waals surface area (Å²) in [6.07, 6.45) is 4.86. The maximum absolute atomic E-state index is 8.75. The summed E-state index contributed by atoms with van der Waals surface area (Å²) in [5, 5.41) is 12.7. The second-order valence-corrected chi connectivity index (χ2v) is 4.13. The summed E-state index contributed by atoms with van der Waals surface area (Å²) in [4.78, 5) is 8.40. The Morgan fingerprint density at radius 1 is 1.50 bits per heavy atom. The van der Waals surface area contributed by atoms with Crippen molar-refractivity contribution in [3.8, 4) is 17.5 Å². The van der Waals surface area contributed by atoms with E-state index in [2.05, 4.69) is 28.1 Å². The molecule has 0 aliphatic carbocycles. The van der Waals surface area contributed by atoms with Crippen molar-refractivity contribution in [2.45, 2.75) is 26.7 Å².